The Bertz CT molecular complexity index is 1500. The number of benzene rings is 1. The van der Waals surface area contributed by atoms with Gasteiger partial charge in [0.1, 0.15) is 5.69 Å². The molecule has 5 rings (SSSR count). The lowest BCUT2D eigenvalue weighted by molar-refractivity contribution is 0.454. The van der Waals surface area contributed by atoms with Gasteiger partial charge >= 0.3 is 5.69 Å². The maximum Gasteiger partial charge on any atom is 0.326 e. The first-order valence-electron chi connectivity index (χ1n) is 9.65. The normalized spacial score (nSPS) is 14.8. The van der Waals surface area contributed by atoms with Gasteiger partial charge in [-0.05, 0) is 30.5 Å². The van der Waals surface area contributed by atoms with Crippen molar-refractivity contribution in [2.45, 2.75) is 25.4 Å². The first kappa shape index (κ1) is 18.6. The zero-order valence-electron chi connectivity index (χ0n) is 16.2. The van der Waals surface area contributed by atoms with E-state index in [1.165, 1.54) is 4.52 Å². The number of aromatic amines is 2. The standard InChI is InChI=1S/C20H17N9O2/c21-8-11-3-1-2-4-12(11)9-22-18-26-16-13(7-15-17(30)27-20(31)25-15)10-23-29(16)19(28-18)24-14-5-6-14/h1-4,7,10,14,30H,5-6,9H2,(H,22,24,28)(H2,25,27,31). The van der Waals surface area contributed by atoms with Gasteiger partial charge < -0.3 is 15.4 Å². The van der Waals surface area contributed by atoms with Crippen molar-refractivity contribution >= 4 is 17.7 Å². The Hall–Kier alpha value is -4.46. The summed E-state index contributed by atoms with van der Waals surface area (Å²) in [6.45, 7) is 0.363. The van der Waals surface area contributed by atoms with Crippen LogP contribution in [0.1, 0.15) is 29.7 Å². The van der Waals surface area contributed by atoms with E-state index < -0.39 is 5.69 Å². The molecule has 0 saturated heterocycles. The van der Waals surface area contributed by atoms with E-state index in [2.05, 4.69) is 41.4 Å². The topological polar surface area (TPSA) is 160 Å². The SMILES string of the molecule is N#Cc1ccccc1CNc1nc(=NC2CC2)n2ncc(=Cc3[nH]c(=O)[nH]c3O)c2n1. The number of anilines is 1. The summed E-state index contributed by atoms with van der Waals surface area (Å²) >= 11 is 0. The second-order valence-electron chi connectivity index (χ2n) is 7.15. The largest absolute Gasteiger partial charge is 0.493 e. The van der Waals surface area contributed by atoms with Gasteiger partial charge in [0.15, 0.2) is 5.65 Å². The third-order valence-electron chi connectivity index (χ3n) is 4.83. The number of imidazole rings is 1. The summed E-state index contributed by atoms with van der Waals surface area (Å²) in [6, 6.07) is 9.68. The summed E-state index contributed by atoms with van der Waals surface area (Å²) in [5.41, 5.74) is 1.98. The van der Waals surface area contributed by atoms with Gasteiger partial charge in [-0.25, -0.2) is 9.79 Å². The van der Waals surface area contributed by atoms with Crippen molar-refractivity contribution in [3.05, 3.63) is 68.6 Å². The minimum absolute atomic E-state index is 0.215. The first-order chi connectivity index (χ1) is 15.1. The Morgan fingerprint density at radius 2 is 2.16 bits per heavy atom. The number of fused-ring (bicyclic) bond motifs is 1. The molecule has 11 heteroatoms. The summed E-state index contributed by atoms with van der Waals surface area (Å²) in [4.78, 5) is 29.9. The molecule has 3 heterocycles. The number of aromatic hydroxyl groups is 1. The fourth-order valence-electron chi connectivity index (χ4n) is 3.12. The highest BCUT2D eigenvalue weighted by Gasteiger charge is 2.21. The molecule has 0 radical (unpaired) electrons. The Kier molecular flexibility index (Phi) is 4.44. The van der Waals surface area contributed by atoms with E-state index in [1.54, 1.807) is 18.3 Å². The van der Waals surface area contributed by atoms with Crippen molar-refractivity contribution in [3.63, 3.8) is 0 Å². The van der Waals surface area contributed by atoms with E-state index >= 15 is 0 Å². The molecule has 154 valence electrons. The van der Waals surface area contributed by atoms with Crippen LogP contribution in [-0.2, 0) is 6.54 Å². The molecule has 0 atom stereocenters. The summed E-state index contributed by atoms with van der Waals surface area (Å²) in [6.07, 6.45) is 5.14. The third kappa shape index (κ3) is 3.74. The smallest absolute Gasteiger partial charge is 0.326 e. The molecule has 11 nitrogen and oxygen atoms in total. The molecule has 1 fully saturated rings. The van der Waals surface area contributed by atoms with E-state index in [0.29, 0.717) is 34.5 Å². The molecule has 0 bridgehead atoms. The number of rotatable bonds is 5. The molecule has 0 unspecified atom stereocenters. The predicted octanol–water partition coefficient (Wildman–Crippen LogP) is -0.0591. The molecule has 1 aromatic carbocycles. The van der Waals surface area contributed by atoms with Gasteiger partial charge in [0.05, 0.1) is 23.9 Å². The number of nitriles is 1. The van der Waals surface area contributed by atoms with E-state index in [9.17, 15) is 15.2 Å². The summed E-state index contributed by atoms with van der Waals surface area (Å²) in [7, 11) is 0. The van der Waals surface area contributed by atoms with Crippen molar-refractivity contribution in [2.24, 2.45) is 4.99 Å². The molecular formula is C20H17N9O2. The fourth-order valence-corrected chi connectivity index (χ4v) is 3.12. The summed E-state index contributed by atoms with van der Waals surface area (Å²) < 4.78 is 1.53. The van der Waals surface area contributed by atoms with Crippen LogP contribution in [-0.4, -0.2) is 40.7 Å². The Morgan fingerprint density at radius 3 is 2.90 bits per heavy atom. The molecule has 0 spiro atoms. The summed E-state index contributed by atoms with van der Waals surface area (Å²) in [5.74, 6) is 0.0642. The zero-order valence-corrected chi connectivity index (χ0v) is 16.2. The van der Waals surface area contributed by atoms with Gasteiger partial charge in [0.2, 0.25) is 11.8 Å². The molecule has 1 aliphatic carbocycles. The van der Waals surface area contributed by atoms with Crippen molar-refractivity contribution in [1.82, 2.24) is 29.5 Å². The van der Waals surface area contributed by atoms with Crippen molar-refractivity contribution in [2.75, 3.05) is 5.32 Å². The molecule has 1 saturated carbocycles. The lowest BCUT2D eigenvalue weighted by Crippen LogP contribution is -2.24. The number of hydrogen-bond donors (Lipinski definition) is 4. The lowest BCUT2D eigenvalue weighted by Gasteiger charge is -2.07. The van der Waals surface area contributed by atoms with Gasteiger partial charge in [0, 0.05) is 11.8 Å². The number of hydrogen-bond acceptors (Lipinski definition) is 8. The maximum atomic E-state index is 11.4. The highest BCUT2D eigenvalue weighted by atomic mass is 16.3. The summed E-state index contributed by atoms with van der Waals surface area (Å²) in [5, 5.41) is 27.2. The number of H-pyrrole nitrogens is 2. The van der Waals surface area contributed by atoms with Crippen LogP contribution in [0.4, 0.5) is 5.95 Å². The predicted molar refractivity (Wildman–Crippen MR) is 110 cm³/mol. The van der Waals surface area contributed by atoms with Crippen LogP contribution in [0.3, 0.4) is 0 Å². The third-order valence-corrected chi connectivity index (χ3v) is 4.83. The van der Waals surface area contributed by atoms with Crippen LogP contribution in [0, 0.1) is 11.3 Å². The van der Waals surface area contributed by atoms with Crippen molar-refractivity contribution in [3.8, 4) is 11.9 Å². The second-order valence-corrected chi connectivity index (χ2v) is 7.15. The van der Waals surface area contributed by atoms with Gasteiger partial charge in [-0.3, -0.25) is 4.98 Å². The molecule has 3 aromatic heterocycles. The quantitative estimate of drug-likeness (QED) is 0.355. The molecule has 1 aliphatic rings. The minimum atomic E-state index is -0.516. The molecule has 0 amide bonds. The van der Waals surface area contributed by atoms with Crippen LogP contribution in [0.25, 0.3) is 11.7 Å². The van der Waals surface area contributed by atoms with Crippen LogP contribution >= 0.6 is 0 Å². The van der Waals surface area contributed by atoms with Crippen molar-refractivity contribution in [1.29, 1.82) is 5.26 Å². The first-order valence-corrected chi connectivity index (χ1v) is 9.65. The van der Waals surface area contributed by atoms with E-state index in [1.807, 2.05) is 18.2 Å². The van der Waals surface area contributed by atoms with Crippen LogP contribution in [0.5, 0.6) is 5.88 Å². The molecular weight excluding hydrogens is 398 g/mol. The Labute approximate surface area is 174 Å². The zero-order chi connectivity index (χ0) is 21.4. The second kappa shape index (κ2) is 7.42. The number of aromatic nitrogens is 6. The van der Waals surface area contributed by atoms with Crippen LogP contribution < -0.4 is 21.8 Å². The van der Waals surface area contributed by atoms with E-state index in [4.69, 9.17) is 0 Å². The van der Waals surface area contributed by atoms with Crippen molar-refractivity contribution < 1.29 is 5.11 Å². The Morgan fingerprint density at radius 1 is 1.32 bits per heavy atom. The van der Waals surface area contributed by atoms with Gasteiger partial charge in [-0.2, -0.15) is 24.8 Å². The van der Waals surface area contributed by atoms with Gasteiger partial charge in [0.25, 0.3) is 5.62 Å². The van der Waals surface area contributed by atoms with E-state index in [-0.39, 0.29) is 17.6 Å². The Balaban J connectivity index is 1.60. The highest BCUT2D eigenvalue weighted by Crippen LogP contribution is 2.22. The van der Waals surface area contributed by atoms with Crippen LogP contribution in [0.15, 0.2) is 40.2 Å². The number of nitrogens with one attached hydrogen (secondary N) is 3. The highest BCUT2D eigenvalue weighted by molar-refractivity contribution is 5.57. The molecule has 0 aliphatic heterocycles. The molecule has 31 heavy (non-hydrogen) atoms. The lowest BCUT2D eigenvalue weighted by atomic mass is 10.1. The van der Waals surface area contributed by atoms with Gasteiger partial charge in [-0.15, -0.1) is 0 Å². The average Bonchev–Trinajstić information content (AvgIpc) is 3.41. The molecule has 4 aromatic rings. The monoisotopic (exact) mass is 415 g/mol. The minimum Gasteiger partial charge on any atom is -0.493 e. The van der Waals surface area contributed by atoms with Crippen LogP contribution in [0.2, 0.25) is 0 Å². The average molecular weight is 415 g/mol. The fraction of sp³-hybridized carbons (Fsp3) is 0.200. The number of nitrogens with zero attached hydrogens (tertiary/aromatic N) is 6. The van der Waals surface area contributed by atoms with E-state index in [0.717, 1.165) is 18.4 Å². The molecule has 4 N–H and O–H groups in total. The maximum absolute atomic E-state index is 11.4. The van der Waals surface area contributed by atoms with Gasteiger partial charge in [-0.1, -0.05) is 18.2 Å².